The van der Waals surface area contributed by atoms with Gasteiger partial charge in [-0.3, -0.25) is 10.5 Å². The zero-order valence-electron chi connectivity index (χ0n) is 9.90. The number of hydrogen-bond acceptors (Lipinski definition) is 3. The van der Waals surface area contributed by atoms with Crippen LogP contribution in [0.25, 0.3) is 0 Å². The van der Waals surface area contributed by atoms with Gasteiger partial charge in [0.1, 0.15) is 0 Å². The van der Waals surface area contributed by atoms with Gasteiger partial charge in [-0.15, -0.1) is 0 Å². The number of hydrogen-bond donors (Lipinski definition) is 2. The minimum absolute atomic E-state index is 0.109. The molecule has 1 heterocycles. The van der Waals surface area contributed by atoms with E-state index in [4.69, 9.17) is 17.4 Å². The lowest BCUT2D eigenvalue weighted by molar-refractivity contribution is 0.543. The summed E-state index contributed by atoms with van der Waals surface area (Å²) in [7, 11) is 0. The first-order valence-corrected chi connectivity index (χ1v) is 7.05. The molecule has 0 amide bonds. The highest BCUT2D eigenvalue weighted by Gasteiger charge is 2.17. The molecule has 6 heteroatoms. The van der Waals surface area contributed by atoms with Crippen molar-refractivity contribution in [2.45, 2.75) is 19.5 Å². The highest BCUT2D eigenvalue weighted by Crippen LogP contribution is 2.26. The molecular formula is C12H14ClIN4. The van der Waals surface area contributed by atoms with Crippen LogP contribution in [0.5, 0.6) is 0 Å². The van der Waals surface area contributed by atoms with Crippen molar-refractivity contribution in [2.75, 3.05) is 0 Å². The number of rotatable bonds is 4. The van der Waals surface area contributed by atoms with E-state index in [1.807, 2.05) is 35.9 Å². The SMILES string of the molecule is CCn1nccc1C(NN)c1ccc(I)c(Cl)c1. The molecule has 2 rings (SSSR count). The van der Waals surface area contributed by atoms with Crippen LogP contribution in [0.3, 0.4) is 0 Å². The number of benzene rings is 1. The van der Waals surface area contributed by atoms with E-state index in [-0.39, 0.29) is 6.04 Å². The van der Waals surface area contributed by atoms with Crippen LogP contribution < -0.4 is 11.3 Å². The lowest BCUT2D eigenvalue weighted by Crippen LogP contribution is -2.30. The zero-order chi connectivity index (χ0) is 13.1. The minimum Gasteiger partial charge on any atom is -0.271 e. The summed E-state index contributed by atoms with van der Waals surface area (Å²) >= 11 is 8.35. The molecule has 1 aromatic heterocycles. The van der Waals surface area contributed by atoms with Crippen molar-refractivity contribution < 1.29 is 0 Å². The van der Waals surface area contributed by atoms with Gasteiger partial charge in [0.05, 0.1) is 16.8 Å². The standard InChI is InChI=1S/C12H14ClIN4/c1-2-18-11(5-6-16-18)12(17-15)8-3-4-10(14)9(13)7-8/h3-7,12,17H,2,15H2,1H3. The van der Waals surface area contributed by atoms with Crippen molar-refractivity contribution in [2.24, 2.45) is 5.84 Å². The van der Waals surface area contributed by atoms with Crippen LogP contribution in [-0.2, 0) is 6.54 Å². The molecule has 4 nitrogen and oxygen atoms in total. The number of nitrogens with one attached hydrogen (secondary N) is 1. The number of halogens is 2. The molecule has 1 unspecified atom stereocenters. The van der Waals surface area contributed by atoms with Crippen molar-refractivity contribution in [1.29, 1.82) is 0 Å². The summed E-state index contributed by atoms with van der Waals surface area (Å²) in [5.41, 5.74) is 4.87. The molecule has 0 radical (unpaired) electrons. The third-order valence-corrected chi connectivity index (χ3v) is 4.36. The third kappa shape index (κ3) is 2.69. The van der Waals surface area contributed by atoms with Gasteiger partial charge in [0.15, 0.2) is 0 Å². The van der Waals surface area contributed by atoms with Crippen LogP contribution in [0, 0.1) is 3.57 Å². The maximum Gasteiger partial charge on any atom is 0.0878 e. The largest absolute Gasteiger partial charge is 0.271 e. The Morgan fingerprint density at radius 2 is 2.28 bits per heavy atom. The van der Waals surface area contributed by atoms with Crippen molar-refractivity contribution in [3.63, 3.8) is 0 Å². The van der Waals surface area contributed by atoms with E-state index in [0.29, 0.717) is 0 Å². The van der Waals surface area contributed by atoms with Crippen molar-refractivity contribution in [3.05, 3.63) is 50.3 Å². The van der Waals surface area contributed by atoms with Gasteiger partial charge in [-0.25, -0.2) is 5.43 Å². The van der Waals surface area contributed by atoms with Crippen LogP contribution in [-0.4, -0.2) is 9.78 Å². The van der Waals surface area contributed by atoms with E-state index in [1.165, 1.54) is 0 Å². The lowest BCUT2D eigenvalue weighted by atomic mass is 10.0. The maximum atomic E-state index is 6.15. The summed E-state index contributed by atoms with van der Waals surface area (Å²) < 4.78 is 2.94. The Balaban J connectivity index is 2.42. The fourth-order valence-corrected chi connectivity index (χ4v) is 2.42. The zero-order valence-corrected chi connectivity index (χ0v) is 12.8. The smallest absolute Gasteiger partial charge is 0.0878 e. The van der Waals surface area contributed by atoms with Crippen molar-refractivity contribution >= 4 is 34.2 Å². The predicted molar refractivity (Wildman–Crippen MR) is 81.2 cm³/mol. The molecule has 96 valence electrons. The molecular weight excluding hydrogens is 363 g/mol. The highest BCUT2D eigenvalue weighted by molar-refractivity contribution is 14.1. The number of hydrazine groups is 1. The molecule has 0 bridgehead atoms. The van der Waals surface area contributed by atoms with E-state index in [1.54, 1.807) is 6.20 Å². The molecule has 2 aromatic rings. The van der Waals surface area contributed by atoms with E-state index >= 15 is 0 Å². The molecule has 0 saturated heterocycles. The molecule has 18 heavy (non-hydrogen) atoms. The van der Waals surface area contributed by atoms with Crippen molar-refractivity contribution in [1.82, 2.24) is 15.2 Å². The second-order valence-electron chi connectivity index (χ2n) is 3.85. The van der Waals surface area contributed by atoms with E-state index in [9.17, 15) is 0 Å². The van der Waals surface area contributed by atoms with Crippen LogP contribution in [0.1, 0.15) is 24.2 Å². The first-order valence-electron chi connectivity index (χ1n) is 5.60. The molecule has 0 spiro atoms. The Labute approximate surface area is 125 Å². The average molecular weight is 377 g/mol. The summed E-state index contributed by atoms with van der Waals surface area (Å²) in [6.45, 7) is 2.85. The number of aryl methyl sites for hydroxylation is 1. The second-order valence-corrected chi connectivity index (χ2v) is 5.41. The molecule has 1 aromatic carbocycles. The van der Waals surface area contributed by atoms with Crippen LogP contribution in [0.2, 0.25) is 5.02 Å². The quantitative estimate of drug-likeness (QED) is 0.490. The summed E-state index contributed by atoms with van der Waals surface area (Å²) in [5.74, 6) is 5.67. The average Bonchev–Trinajstić information content (AvgIpc) is 2.83. The van der Waals surface area contributed by atoms with Gasteiger partial charge in [0, 0.05) is 16.3 Å². The Bertz CT molecular complexity index is 541. The maximum absolute atomic E-state index is 6.15. The fraction of sp³-hybridized carbons (Fsp3) is 0.250. The monoisotopic (exact) mass is 376 g/mol. The molecule has 0 fully saturated rings. The van der Waals surface area contributed by atoms with Gasteiger partial charge >= 0.3 is 0 Å². The first-order chi connectivity index (χ1) is 8.67. The molecule has 0 saturated carbocycles. The Kier molecular flexibility index (Phi) is 4.60. The van der Waals surface area contributed by atoms with Gasteiger partial charge in [0.25, 0.3) is 0 Å². The Morgan fingerprint density at radius 1 is 1.50 bits per heavy atom. The van der Waals surface area contributed by atoms with Crippen LogP contribution >= 0.6 is 34.2 Å². The van der Waals surface area contributed by atoms with Gasteiger partial charge in [-0.2, -0.15) is 5.10 Å². The Morgan fingerprint density at radius 3 is 2.89 bits per heavy atom. The molecule has 0 aliphatic carbocycles. The third-order valence-electron chi connectivity index (χ3n) is 2.79. The number of aromatic nitrogens is 2. The Hall–Kier alpha value is -0.630. The van der Waals surface area contributed by atoms with Crippen LogP contribution in [0.15, 0.2) is 30.5 Å². The van der Waals surface area contributed by atoms with Crippen LogP contribution in [0.4, 0.5) is 0 Å². The summed E-state index contributed by atoms with van der Waals surface area (Å²) in [6.07, 6.45) is 1.78. The van der Waals surface area contributed by atoms with Gasteiger partial charge < -0.3 is 0 Å². The summed E-state index contributed by atoms with van der Waals surface area (Å²) in [4.78, 5) is 0. The summed E-state index contributed by atoms with van der Waals surface area (Å²) in [6, 6.07) is 7.78. The van der Waals surface area contributed by atoms with Gasteiger partial charge in [-0.1, -0.05) is 17.7 Å². The topological polar surface area (TPSA) is 55.9 Å². The predicted octanol–water partition coefficient (Wildman–Crippen LogP) is 2.71. The number of nitrogens with two attached hydrogens (primary N) is 1. The molecule has 0 aliphatic heterocycles. The molecule has 0 aliphatic rings. The number of nitrogens with zero attached hydrogens (tertiary/aromatic N) is 2. The van der Waals surface area contributed by atoms with Gasteiger partial charge in [-0.05, 0) is 53.3 Å². The summed E-state index contributed by atoms with van der Waals surface area (Å²) in [5, 5.41) is 4.99. The fourth-order valence-electron chi connectivity index (χ4n) is 1.90. The lowest BCUT2D eigenvalue weighted by Gasteiger charge is -2.18. The van der Waals surface area contributed by atoms with E-state index in [2.05, 4.69) is 33.1 Å². The van der Waals surface area contributed by atoms with E-state index in [0.717, 1.165) is 26.4 Å². The first kappa shape index (κ1) is 13.8. The second kappa shape index (κ2) is 6.01. The highest BCUT2D eigenvalue weighted by atomic mass is 127. The normalized spacial score (nSPS) is 12.7. The minimum atomic E-state index is -0.109. The molecule has 1 atom stereocenters. The molecule has 3 N–H and O–H groups in total. The van der Waals surface area contributed by atoms with Crippen molar-refractivity contribution in [3.8, 4) is 0 Å². The van der Waals surface area contributed by atoms with Gasteiger partial charge in [0.2, 0.25) is 0 Å². The van der Waals surface area contributed by atoms with E-state index < -0.39 is 0 Å².